The lowest BCUT2D eigenvalue weighted by molar-refractivity contribution is -0.127. The predicted octanol–water partition coefficient (Wildman–Crippen LogP) is 3.73. The zero-order valence-electron chi connectivity index (χ0n) is 12.7. The fourth-order valence-corrected chi connectivity index (χ4v) is 2.20. The highest BCUT2D eigenvalue weighted by atomic mass is 79.9. The number of rotatable bonds is 8. The quantitative estimate of drug-likeness (QED) is 0.571. The molecule has 0 aliphatic carbocycles. The van der Waals surface area contributed by atoms with Crippen molar-refractivity contribution in [2.24, 2.45) is 0 Å². The highest BCUT2D eigenvalue weighted by Crippen LogP contribution is 2.25. The van der Waals surface area contributed by atoms with Crippen LogP contribution in [0.25, 0.3) is 0 Å². The minimum atomic E-state index is -0.640. The van der Waals surface area contributed by atoms with Crippen LogP contribution in [0, 0.1) is 0 Å². The number of amides is 1. The SMILES string of the molecule is CCCCCNC(=O)C(C)Oc1cc(Br)ccc1C(C)=O. The first kappa shape index (κ1) is 17.7. The smallest absolute Gasteiger partial charge is 0.260 e. The third-order valence-corrected chi connectivity index (χ3v) is 3.57. The summed E-state index contributed by atoms with van der Waals surface area (Å²) in [7, 11) is 0. The van der Waals surface area contributed by atoms with Crippen molar-refractivity contribution in [2.45, 2.75) is 46.1 Å². The zero-order valence-corrected chi connectivity index (χ0v) is 14.3. The molecule has 0 bridgehead atoms. The molecule has 116 valence electrons. The molecule has 1 aromatic rings. The number of nitrogens with one attached hydrogen (secondary N) is 1. The Labute approximate surface area is 134 Å². The van der Waals surface area contributed by atoms with Crippen molar-refractivity contribution >= 4 is 27.6 Å². The van der Waals surface area contributed by atoms with E-state index in [-0.39, 0.29) is 11.7 Å². The van der Waals surface area contributed by atoms with E-state index in [1.54, 1.807) is 25.1 Å². The molecule has 1 N–H and O–H groups in total. The second kappa shape index (κ2) is 8.82. The molecule has 0 heterocycles. The number of carbonyl (C=O) groups is 2. The Morgan fingerprint density at radius 3 is 2.67 bits per heavy atom. The predicted molar refractivity (Wildman–Crippen MR) is 86.8 cm³/mol. The third-order valence-electron chi connectivity index (χ3n) is 3.08. The van der Waals surface area contributed by atoms with Gasteiger partial charge in [-0.3, -0.25) is 9.59 Å². The maximum absolute atomic E-state index is 11.9. The highest BCUT2D eigenvalue weighted by molar-refractivity contribution is 9.10. The topological polar surface area (TPSA) is 55.4 Å². The molecule has 5 heteroatoms. The first-order valence-electron chi connectivity index (χ1n) is 7.20. The monoisotopic (exact) mass is 355 g/mol. The standard InChI is InChI=1S/C16H22BrNO3/c1-4-5-6-9-18-16(20)12(3)21-15-10-13(17)7-8-14(15)11(2)19/h7-8,10,12H,4-6,9H2,1-3H3,(H,18,20). The van der Waals surface area contributed by atoms with Crippen LogP contribution < -0.4 is 10.1 Å². The summed E-state index contributed by atoms with van der Waals surface area (Å²) >= 11 is 3.34. The molecule has 0 saturated heterocycles. The first-order valence-corrected chi connectivity index (χ1v) is 7.99. The van der Waals surface area contributed by atoms with Crippen LogP contribution in [0.4, 0.5) is 0 Å². The Morgan fingerprint density at radius 2 is 2.05 bits per heavy atom. The number of hydrogen-bond donors (Lipinski definition) is 1. The Hall–Kier alpha value is -1.36. The van der Waals surface area contributed by atoms with E-state index >= 15 is 0 Å². The molecule has 0 radical (unpaired) electrons. The molecule has 0 saturated carbocycles. The van der Waals surface area contributed by atoms with Crippen LogP contribution in [0.5, 0.6) is 5.75 Å². The van der Waals surface area contributed by atoms with Gasteiger partial charge in [-0.1, -0.05) is 35.7 Å². The van der Waals surface area contributed by atoms with Gasteiger partial charge < -0.3 is 10.1 Å². The van der Waals surface area contributed by atoms with E-state index in [2.05, 4.69) is 28.2 Å². The van der Waals surface area contributed by atoms with Crippen LogP contribution in [-0.4, -0.2) is 24.3 Å². The van der Waals surface area contributed by atoms with E-state index in [4.69, 9.17) is 4.74 Å². The van der Waals surface area contributed by atoms with Crippen molar-refractivity contribution in [3.8, 4) is 5.75 Å². The Kier molecular flexibility index (Phi) is 7.43. The van der Waals surface area contributed by atoms with E-state index in [1.807, 2.05) is 0 Å². The summed E-state index contributed by atoms with van der Waals surface area (Å²) in [6.45, 7) is 5.92. The summed E-state index contributed by atoms with van der Waals surface area (Å²) in [6.07, 6.45) is 2.53. The average Bonchev–Trinajstić information content (AvgIpc) is 2.43. The minimum absolute atomic E-state index is 0.0898. The molecule has 0 aliphatic heterocycles. The Morgan fingerprint density at radius 1 is 1.33 bits per heavy atom. The van der Waals surface area contributed by atoms with Gasteiger partial charge >= 0.3 is 0 Å². The lowest BCUT2D eigenvalue weighted by atomic mass is 10.1. The van der Waals surface area contributed by atoms with Crippen LogP contribution in [0.2, 0.25) is 0 Å². The highest BCUT2D eigenvalue weighted by Gasteiger charge is 2.17. The van der Waals surface area contributed by atoms with Crippen molar-refractivity contribution in [1.29, 1.82) is 0 Å². The molecule has 0 spiro atoms. The number of ketones is 1. The van der Waals surface area contributed by atoms with Gasteiger partial charge in [0, 0.05) is 11.0 Å². The van der Waals surface area contributed by atoms with Crippen molar-refractivity contribution in [2.75, 3.05) is 6.54 Å². The summed E-state index contributed by atoms with van der Waals surface area (Å²) in [4.78, 5) is 23.5. The van der Waals surface area contributed by atoms with Gasteiger partial charge in [-0.25, -0.2) is 0 Å². The summed E-state index contributed by atoms with van der Waals surface area (Å²) < 4.78 is 6.45. The molecule has 0 fully saturated rings. The summed E-state index contributed by atoms with van der Waals surface area (Å²) in [5.41, 5.74) is 0.476. The van der Waals surface area contributed by atoms with Crippen LogP contribution in [0.1, 0.15) is 50.4 Å². The van der Waals surface area contributed by atoms with Crippen LogP contribution >= 0.6 is 15.9 Å². The first-order chi connectivity index (χ1) is 9.95. The largest absolute Gasteiger partial charge is 0.480 e. The van der Waals surface area contributed by atoms with E-state index in [1.165, 1.54) is 6.92 Å². The van der Waals surface area contributed by atoms with Gasteiger partial charge in [0.15, 0.2) is 11.9 Å². The van der Waals surface area contributed by atoms with Crippen molar-refractivity contribution < 1.29 is 14.3 Å². The maximum Gasteiger partial charge on any atom is 0.260 e. The van der Waals surface area contributed by atoms with Crippen LogP contribution in [0.3, 0.4) is 0 Å². The van der Waals surface area contributed by atoms with E-state index in [0.29, 0.717) is 17.9 Å². The Balaban J connectivity index is 2.65. The van der Waals surface area contributed by atoms with Gasteiger partial charge in [0.25, 0.3) is 5.91 Å². The molecule has 1 unspecified atom stereocenters. The van der Waals surface area contributed by atoms with E-state index in [0.717, 1.165) is 23.7 Å². The van der Waals surface area contributed by atoms with Gasteiger partial charge in [0.2, 0.25) is 0 Å². The molecule has 0 aromatic heterocycles. The van der Waals surface area contributed by atoms with Gasteiger partial charge in [-0.15, -0.1) is 0 Å². The van der Waals surface area contributed by atoms with Gasteiger partial charge in [-0.2, -0.15) is 0 Å². The summed E-state index contributed by atoms with van der Waals surface area (Å²) in [6, 6.07) is 5.17. The van der Waals surface area contributed by atoms with E-state index < -0.39 is 6.10 Å². The number of unbranched alkanes of at least 4 members (excludes halogenated alkanes) is 2. The Bertz CT molecular complexity index is 502. The van der Waals surface area contributed by atoms with E-state index in [9.17, 15) is 9.59 Å². The summed E-state index contributed by atoms with van der Waals surface area (Å²) in [5, 5.41) is 2.84. The molecule has 1 rings (SSSR count). The van der Waals surface area contributed by atoms with Crippen LogP contribution in [-0.2, 0) is 4.79 Å². The zero-order chi connectivity index (χ0) is 15.8. The number of ether oxygens (including phenoxy) is 1. The number of hydrogen-bond acceptors (Lipinski definition) is 3. The molecule has 1 aromatic carbocycles. The summed E-state index contributed by atoms with van der Waals surface area (Å²) in [5.74, 6) is 0.168. The molecule has 0 aliphatic rings. The molecule has 4 nitrogen and oxygen atoms in total. The molecule has 1 amide bonds. The number of carbonyl (C=O) groups excluding carboxylic acids is 2. The minimum Gasteiger partial charge on any atom is -0.480 e. The van der Waals surface area contributed by atoms with Crippen LogP contribution in [0.15, 0.2) is 22.7 Å². The lowest BCUT2D eigenvalue weighted by Crippen LogP contribution is -2.37. The number of Topliss-reactive ketones (excluding diaryl/α,β-unsaturated/α-hetero) is 1. The molecule has 21 heavy (non-hydrogen) atoms. The van der Waals surface area contributed by atoms with Crippen molar-refractivity contribution in [3.05, 3.63) is 28.2 Å². The second-order valence-corrected chi connectivity index (χ2v) is 5.87. The average molecular weight is 356 g/mol. The van der Waals surface area contributed by atoms with Gasteiger partial charge in [0.1, 0.15) is 5.75 Å². The fourth-order valence-electron chi connectivity index (χ4n) is 1.86. The number of benzene rings is 1. The maximum atomic E-state index is 11.9. The normalized spacial score (nSPS) is 11.8. The van der Waals surface area contributed by atoms with Gasteiger partial charge in [-0.05, 0) is 38.5 Å². The molecule has 1 atom stereocenters. The molecular formula is C16H22BrNO3. The van der Waals surface area contributed by atoms with Crippen molar-refractivity contribution in [1.82, 2.24) is 5.32 Å². The lowest BCUT2D eigenvalue weighted by Gasteiger charge is -2.16. The molecular weight excluding hydrogens is 334 g/mol. The number of halogens is 1. The third kappa shape index (κ3) is 5.87. The van der Waals surface area contributed by atoms with Gasteiger partial charge in [0.05, 0.1) is 5.56 Å². The fraction of sp³-hybridized carbons (Fsp3) is 0.500. The van der Waals surface area contributed by atoms with Crippen molar-refractivity contribution in [3.63, 3.8) is 0 Å². The second-order valence-electron chi connectivity index (χ2n) is 4.95.